The maximum Gasteiger partial charge on any atom is 0.159 e. The Morgan fingerprint density at radius 1 is 1.44 bits per heavy atom. The lowest BCUT2D eigenvalue weighted by molar-refractivity contribution is -0.0526. The normalized spacial score (nSPS) is 18.1. The molecule has 0 radical (unpaired) electrons. The monoisotopic (exact) mass is 250 g/mol. The lowest BCUT2D eigenvalue weighted by Crippen LogP contribution is -2.35. The highest BCUT2D eigenvalue weighted by Crippen LogP contribution is 2.13. The van der Waals surface area contributed by atoms with Crippen molar-refractivity contribution in [1.29, 1.82) is 0 Å². The lowest BCUT2D eigenvalue weighted by Gasteiger charge is -2.21. The van der Waals surface area contributed by atoms with Crippen LogP contribution in [0.2, 0.25) is 0 Å². The van der Waals surface area contributed by atoms with Gasteiger partial charge in [0.25, 0.3) is 0 Å². The molecule has 1 unspecified atom stereocenters. The van der Waals surface area contributed by atoms with Gasteiger partial charge in [-0.2, -0.15) is 0 Å². The number of aromatic nitrogens is 1. The Balaban J connectivity index is 1.87. The standard InChI is InChI=1S/C14H22N2O2/c1-2-5-16-13(10-14-17-7-8-18-14)9-12-4-3-6-15-11-12/h3-4,6,11,13-14,16H,2,5,7-10H2,1H3. The summed E-state index contributed by atoms with van der Waals surface area (Å²) in [6.45, 7) is 4.64. The minimum atomic E-state index is -0.0453. The van der Waals surface area contributed by atoms with E-state index in [0.717, 1.165) is 39.0 Å². The van der Waals surface area contributed by atoms with Gasteiger partial charge in [-0.1, -0.05) is 13.0 Å². The number of pyridine rings is 1. The van der Waals surface area contributed by atoms with Crippen molar-refractivity contribution in [2.24, 2.45) is 0 Å². The summed E-state index contributed by atoms with van der Waals surface area (Å²) < 4.78 is 11.0. The van der Waals surface area contributed by atoms with Crippen LogP contribution in [0, 0.1) is 0 Å². The molecule has 0 spiro atoms. The van der Waals surface area contributed by atoms with Gasteiger partial charge in [0.1, 0.15) is 0 Å². The van der Waals surface area contributed by atoms with E-state index in [4.69, 9.17) is 9.47 Å². The molecular formula is C14H22N2O2. The fraction of sp³-hybridized carbons (Fsp3) is 0.643. The van der Waals surface area contributed by atoms with E-state index in [9.17, 15) is 0 Å². The molecule has 0 amide bonds. The predicted octanol–water partition coefficient (Wildman–Crippen LogP) is 1.76. The molecule has 2 heterocycles. The highest BCUT2D eigenvalue weighted by atomic mass is 16.7. The average molecular weight is 250 g/mol. The molecule has 1 aromatic heterocycles. The second-order valence-electron chi connectivity index (χ2n) is 4.62. The third kappa shape index (κ3) is 4.37. The summed E-state index contributed by atoms with van der Waals surface area (Å²) in [4.78, 5) is 4.16. The summed E-state index contributed by atoms with van der Waals surface area (Å²) in [5, 5.41) is 3.56. The minimum Gasteiger partial charge on any atom is -0.350 e. The Hall–Kier alpha value is -0.970. The van der Waals surface area contributed by atoms with E-state index < -0.39 is 0 Å². The number of rotatable bonds is 7. The van der Waals surface area contributed by atoms with Crippen LogP contribution in [-0.2, 0) is 15.9 Å². The summed E-state index contributed by atoms with van der Waals surface area (Å²) in [6, 6.07) is 4.48. The first-order valence-electron chi connectivity index (χ1n) is 6.74. The van der Waals surface area contributed by atoms with Crippen LogP contribution in [0.1, 0.15) is 25.3 Å². The fourth-order valence-electron chi connectivity index (χ4n) is 2.17. The number of hydrogen-bond donors (Lipinski definition) is 1. The van der Waals surface area contributed by atoms with Crippen LogP contribution in [0.4, 0.5) is 0 Å². The predicted molar refractivity (Wildman–Crippen MR) is 70.3 cm³/mol. The molecule has 0 aliphatic carbocycles. The molecule has 1 saturated heterocycles. The Morgan fingerprint density at radius 3 is 2.94 bits per heavy atom. The SMILES string of the molecule is CCCNC(Cc1cccnc1)CC1OCCO1. The smallest absolute Gasteiger partial charge is 0.159 e. The largest absolute Gasteiger partial charge is 0.350 e. The maximum absolute atomic E-state index is 5.52. The number of nitrogens with zero attached hydrogens (tertiary/aromatic N) is 1. The Morgan fingerprint density at radius 2 is 2.28 bits per heavy atom. The molecule has 4 nitrogen and oxygen atoms in total. The molecular weight excluding hydrogens is 228 g/mol. The molecule has 1 aliphatic heterocycles. The summed E-state index contributed by atoms with van der Waals surface area (Å²) in [5.74, 6) is 0. The molecule has 0 bridgehead atoms. The lowest BCUT2D eigenvalue weighted by atomic mass is 10.0. The first-order chi connectivity index (χ1) is 8.88. The van der Waals surface area contributed by atoms with E-state index >= 15 is 0 Å². The van der Waals surface area contributed by atoms with Gasteiger partial charge in [-0.15, -0.1) is 0 Å². The second-order valence-corrected chi connectivity index (χ2v) is 4.62. The highest BCUT2D eigenvalue weighted by molar-refractivity contribution is 5.10. The Bertz CT molecular complexity index is 326. The molecule has 1 aliphatic rings. The third-order valence-corrected chi connectivity index (χ3v) is 3.06. The van der Waals surface area contributed by atoms with Crippen molar-refractivity contribution >= 4 is 0 Å². The van der Waals surface area contributed by atoms with E-state index in [1.165, 1.54) is 5.56 Å². The second kappa shape index (κ2) is 7.46. The average Bonchev–Trinajstić information content (AvgIpc) is 2.90. The number of ether oxygens (including phenoxy) is 2. The van der Waals surface area contributed by atoms with E-state index in [1.54, 1.807) is 6.20 Å². The van der Waals surface area contributed by atoms with Gasteiger partial charge in [0.05, 0.1) is 13.2 Å². The fourth-order valence-corrected chi connectivity index (χ4v) is 2.17. The van der Waals surface area contributed by atoms with Crippen LogP contribution in [0.15, 0.2) is 24.5 Å². The van der Waals surface area contributed by atoms with Gasteiger partial charge >= 0.3 is 0 Å². The quantitative estimate of drug-likeness (QED) is 0.800. The van der Waals surface area contributed by atoms with Crippen LogP contribution in [0.25, 0.3) is 0 Å². The Kier molecular flexibility index (Phi) is 5.58. The minimum absolute atomic E-state index is 0.0453. The van der Waals surface area contributed by atoms with Gasteiger partial charge in [-0.25, -0.2) is 0 Å². The summed E-state index contributed by atoms with van der Waals surface area (Å²) in [7, 11) is 0. The molecule has 1 atom stereocenters. The number of nitrogens with one attached hydrogen (secondary N) is 1. The van der Waals surface area contributed by atoms with Crippen molar-refractivity contribution in [2.75, 3.05) is 19.8 Å². The molecule has 1 N–H and O–H groups in total. The molecule has 100 valence electrons. The summed E-state index contributed by atoms with van der Waals surface area (Å²) in [5.41, 5.74) is 1.25. The molecule has 0 saturated carbocycles. The van der Waals surface area contributed by atoms with Crippen molar-refractivity contribution in [3.8, 4) is 0 Å². The summed E-state index contributed by atoms with van der Waals surface area (Å²) >= 11 is 0. The van der Waals surface area contributed by atoms with Crippen molar-refractivity contribution < 1.29 is 9.47 Å². The third-order valence-electron chi connectivity index (χ3n) is 3.06. The van der Waals surface area contributed by atoms with Crippen molar-refractivity contribution in [3.63, 3.8) is 0 Å². The van der Waals surface area contributed by atoms with Crippen LogP contribution < -0.4 is 5.32 Å². The first kappa shape index (κ1) is 13.5. The van der Waals surface area contributed by atoms with Gasteiger partial charge in [0.2, 0.25) is 0 Å². The van der Waals surface area contributed by atoms with Crippen LogP contribution in [0.5, 0.6) is 0 Å². The van der Waals surface area contributed by atoms with E-state index in [2.05, 4.69) is 23.3 Å². The zero-order valence-corrected chi connectivity index (χ0v) is 11.0. The van der Waals surface area contributed by atoms with Gasteiger partial charge in [0, 0.05) is 24.9 Å². The van der Waals surface area contributed by atoms with Crippen LogP contribution >= 0.6 is 0 Å². The van der Waals surface area contributed by atoms with E-state index in [1.807, 2.05) is 12.3 Å². The molecule has 4 heteroatoms. The van der Waals surface area contributed by atoms with Gasteiger partial charge in [-0.3, -0.25) is 4.98 Å². The van der Waals surface area contributed by atoms with Gasteiger partial charge in [0.15, 0.2) is 6.29 Å². The van der Waals surface area contributed by atoms with Crippen molar-refractivity contribution in [3.05, 3.63) is 30.1 Å². The van der Waals surface area contributed by atoms with Gasteiger partial charge in [-0.05, 0) is 31.0 Å². The summed E-state index contributed by atoms with van der Waals surface area (Å²) in [6.07, 6.45) is 6.69. The van der Waals surface area contributed by atoms with Crippen LogP contribution in [-0.4, -0.2) is 37.1 Å². The Labute approximate surface area is 109 Å². The van der Waals surface area contributed by atoms with Crippen molar-refractivity contribution in [2.45, 2.75) is 38.5 Å². The number of hydrogen-bond acceptors (Lipinski definition) is 4. The van der Waals surface area contributed by atoms with Crippen LogP contribution in [0.3, 0.4) is 0 Å². The van der Waals surface area contributed by atoms with E-state index in [-0.39, 0.29) is 6.29 Å². The molecule has 1 aromatic rings. The topological polar surface area (TPSA) is 43.4 Å². The van der Waals surface area contributed by atoms with Gasteiger partial charge < -0.3 is 14.8 Å². The zero-order valence-electron chi connectivity index (χ0n) is 11.0. The highest BCUT2D eigenvalue weighted by Gasteiger charge is 2.21. The maximum atomic E-state index is 5.52. The van der Waals surface area contributed by atoms with E-state index in [0.29, 0.717) is 6.04 Å². The molecule has 0 aromatic carbocycles. The zero-order chi connectivity index (χ0) is 12.6. The molecule has 18 heavy (non-hydrogen) atoms. The first-order valence-corrected chi connectivity index (χ1v) is 6.74. The molecule has 2 rings (SSSR count). The molecule has 1 fully saturated rings. The van der Waals surface area contributed by atoms with Crippen molar-refractivity contribution in [1.82, 2.24) is 10.3 Å².